The molecule has 28 heavy (non-hydrogen) atoms. The van der Waals surface area contributed by atoms with Gasteiger partial charge in [0, 0.05) is 18.1 Å². The predicted octanol–water partition coefficient (Wildman–Crippen LogP) is 4.67. The van der Waals surface area contributed by atoms with Crippen molar-refractivity contribution >= 4 is 11.6 Å². The second-order valence-corrected chi connectivity index (χ2v) is 6.54. The fourth-order valence-corrected chi connectivity index (χ4v) is 3.20. The third kappa shape index (κ3) is 3.20. The first kappa shape index (κ1) is 17.7. The number of benzene rings is 2. The number of halogens is 1. The Bertz CT molecular complexity index is 1130. The average molecular weight is 374 g/mol. The van der Waals surface area contributed by atoms with Gasteiger partial charge in [-0.1, -0.05) is 18.2 Å². The third-order valence-electron chi connectivity index (χ3n) is 4.55. The first-order valence-corrected chi connectivity index (χ1v) is 8.90. The van der Waals surface area contributed by atoms with Crippen LogP contribution in [0.1, 0.15) is 21.6 Å². The van der Waals surface area contributed by atoms with Crippen LogP contribution >= 0.6 is 0 Å². The predicted molar refractivity (Wildman–Crippen MR) is 107 cm³/mol. The molecule has 0 aliphatic heterocycles. The zero-order valence-electron chi connectivity index (χ0n) is 15.6. The minimum Gasteiger partial charge on any atom is -0.322 e. The number of aryl methyl sites for hydroxylation is 2. The van der Waals surface area contributed by atoms with Crippen LogP contribution in [0.15, 0.2) is 73.1 Å². The molecule has 1 N–H and O–H groups in total. The molecule has 0 spiro atoms. The minimum atomic E-state index is -0.336. The van der Waals surface area contributed by atoms with E-state index in [1.54, 1.807) is 24.6 Å². The minimum absolute atomic E-state index is 0.293. The van der Waals surface area contributed by atoms with Gasteiger partial charge in [0.15, 0.2) is 5.82 Å². The maximum Gasteiger partial charge on any atom is 0.261 e. The largest absolute Gasteiger partial charge is 0.322 e. The number of nitrogens with zero attached hydrogens (tertiary/aromatic N) is 3. The fraction of sp³-hybridized carbons (Fsp3) is 0.0909. The smallest absolute Gasteiger partial charge is 0.261 e. The number of anilines is 1. The van der Waals surface area contributed by atoms with Gasteiger partial charge in [-0.05, 0) is 61.9 Å². The summed E-state index contributed by atoms with van der Waals surface area (Å²) < 4.78 is 17.0. The summed E-state index contributed by atoms with van der Waals surface area (Å²) in [6.45, 7) is 3.56. The van der Waals surface area contributed by atoms with E-state index in [2.05, 4.69) is 10.4 Å². The molecule has 5 nitrogen and oxygen atoms in total. The number of amides is 1. The number of hydrogen-bond acceptors (Lipinski definition) is 2. The molecule has 2 aromatic heterocycles. The summed E-state index contributed by atoms with van der Waals surface area (Å²) in [7, 11) is 0. The quantitative estimate of drug-likeness (QED) is 0.564. The Hall–Kier alpha value is -3.67. The zero-order chi connectivity index (χ0) is 19.7. The van der Waals surface area contributed by atoms with Crippen LogP contribution in [-0.4, -0.2) is 20.3 Å². The standard InChI is InChI=1S/C22H19FN4O/c1-15-14-17(23)10-11-19(15)24-21(28)20-16(2)25-27(18-8-4-3-5-9-18)22(20)26-12-6-7-13-26/h3-14H,1-2H3,(H,24,28). The van der Waals surface area contributed by atoms with Crippen LogP contribution in [0.2, 0.25) is 0 Å². The second-order valence-electron chi connectivity index (χ2n) is 6.54. The second kappa shape index (κ2) is 7.15. The van der Waals surface area contributed by atoms with Gasteiger partial charge < -0.3 is 9.88 Å². The molecule has 0 saturated carbocycles. The number of para-hydroxylation sites is 1. The number of rotatable bonds is 4. The Morgan fingerprint density at radius 3 is 2.39 bits per heavy atom. The summed E-state index contributed by atoms with van der Waals surface area (Å²) in [5.41, 5.74) is 3.14. The Balaban J connectivity index is 1.82. The van der Waals surface area contributed by atoms with E-state index in [9.17, 15) is 9.18 Å². The van der Waals surface area contributed by atoms with Gasteiger partial charge in [0.1, 0.15) is 11.4 Å². The number of nitrogens with one attached hydrogen (secondary N) is 1. The van der Waals surface area contributed by atoms with Gasteiger partial charge in [0.25, 0.3) is 5.91 Å². The SMILES string of the molecule is Cc1cc(F)ccc1NC(=O)c1c(C)nn(-c2ccccc2)c1-n1cccc1. The van der Waals surface area contributed by atoms with Crippen LogP contribution in [0.25, 0.3) is 11.5 Å². The molecule has 140 valence electrons. The Morgan fingerprint density at radius 2 is 1.71 bits per heavy atom. The van der Waals surface area contributed by atoms with Crippen molar-refractivity contribution in [2.75, 3.05) is 5.32 Å². The Labute approximate surface area is 162 Å². The molecule has 0 unspecified atom stereocenters. The maximum absolute atomic E-state index is 13.4. The van der Waals surface area contributed by atoms with E-state index in [1.807, 2.05) is 59.4 Å². The molecule has 4 rings (SSSR count). The average Bonchev–Trinajstić information content (AvgIpc) is 3.32. The van der Waals surface area contributed by atoms with Crippen molar-refractivity contribution in [3.8, 4) is 11.5 Å². The fourth-order valence-electron chi connectivity index (χ4n) is 3.20. The normalized spacial score (nSPS) is 10.8. The van der Waals surface area contributed by atoms with Gasteiger partial charge >= 0.3 is 0 Å². The van der Waals surface area contributed by atoms with Gasteiger partial charge in [-0.15, -0.1) is 0 Å². The lowest BCUT2D eigenvalue weighted by Crippen LogP contribution is -2.16. The summed E-state index contributed by atoms with van der Waals surface area (Å²) in [6.07, 6.45) is 3.74. The van der Waals surface area contributed by atoms with Crippen molar-refractivity contribution in [3.63, 3.8) is 0 Å². The van der Waals surface area contributed by atoms with Crippen LogP contribution in [0.5, 0.6) is 0 Å². The maximum atomic E-state index is 13.4. The molecule has 0 bridgehead atoms. The van der Waals surface area contributed by atoms with E-state index in [1.165, 1.54) is 12.1 Å². The van der Waals surface area contributed by atoms with Crippen LogP contribution in [-0.2, 0) is 0 Å². The molecular formula is C22H19FN4O. The van der Waals surface area contributed by atoms with Crippen molar-refractivity contribution in [3.05, 3.63) is 95.7 Å². The topological polar surface area (TPSA) is 51.9 Å². The molecule has 2 heterocycles. The highest BCUT2D eigenvalue weighted by atomic mass is 19.1. The zero-order valence-corrected chi connectivity index (χ0v) is 15.6. The first-order valence-electron chi connectivity index (χ1n) is 8.90. The summed E-state index contributed by atoms with van der Waals surface area (Å²) >= 11 is 0. The van der Waals surface area contributed by atoms with Gasteiger partial charge in [-0.2, -0.15) is 5.10 Å². The molecule has 0 fully saturated rings. The van der Waals surface area contributed by atoms with E-state index < -0.39 is 0 Å². The first-order chi connectivity index (χ1) is 13.5. The summed E-state index contributed by atoms with van der Waals surface area (Å²) in [5.74, 6) is 0.0145. The third-order valence-corrected chi connectivity index (χ3v) is 4.55. The van der Waals surface area contributed by atoms with E-state index in [-0.39, 0.29) is 11.7 Å². The van der Waals surface area contributed by atoms with Crippen LogP contribution in [0, 0.1) is 19.7 Å². The van der Waals surface area contributed by atoms with Gasteiger partial charge in [0.2, 0.25) is 0 Å². The van der Waals surface area contributed by atoms with Crippen molar-refractivity contribution in [1.29, 1.82) is 0 Å². The molecule has 2 aromatic carbocycles. The lowest BCUT2D eigenvalue weighted by molar-refractivity contribution is 0.102. The molecule has 0 aliphatic rings. The summed E-state index contributed by atoms with van der Waals surface area (Å²) in [6, 6.07) is 17.7. The highest BCUT2D eigenvalue weighted by Crippen LogP contribution is 2.25. The van der Waals surface area contributed by atoms with Crippen LogP contribution < -0.4 is 5.32 Å². The molecule has 4 aromatic rings. The molecule has 0 atom stereocenters. The number of carbonyl (C=O) groups is 1. The monoisotopic (exact) mass is 374 g/mol. The lowest BCUT2D eigenvalue weighted by Gasteiger charge is -2.12. The highest BCUT2D eigenvalue weighted by molar-refractivity contribution is 6.07. The van der Waals surface area contributed by atoms with Gasteiger partial charge in [-0.25, -0.2) is 9.07 Å². The van der Waals surface area contributed by atoms with E-state index in [0.717, 1.165) is 5.69 Å². The highest BCUT2D eigenvalue weighted by Gasteiger charge is 2.24. The molecule has 0 radical (unpaired) electrons. The van der Waals surface area contributed by atoms with Gasteiger partial charge in [-0.3, -0.25) is 4.79 Å². The van der Waals surface area contributed by atoms with E-state index in [0.29, 0.717) is 28.3 Å². The molecule has 0 aliphatic carbocycles. The number of carbonyl (C=O) groups excluding carboxylic acids is 1. The summed E-state index contributed by atoms with van der Waals surface area (Å²) in [4.78, 5) is 13.2. The van der Waals surface area contributed by atoms with Gasteiger partial charge in [0.05, 0.1) is 11.4 Å². The Kier molecular flexibility index (Phi) is 4.53. The van der Waals surface area contributed by atoms with Crippen molar-refractivity contribution in [2.24, 2.45) is 0 Å². The van der Waals surface area contributed by atoms with Crippen LogP contribution in [0.4, 0.5) is 10.1 Å². The lowest BCUT2D eigenvalue weighted by atomic mass is 10.1. The van der Waals surface area contributed by atoms with Crippen molar-refractivity contribution in [1.82, 2.24) is 14.3 Å². The number of hydrogen-bond donors (Lipinski definition) is 1. The number of aromatic nitrogens is 3. The molecule has 1 amide bonds. The molecular weight excluding hydrogens is 355 g/mol. The van der Waals surface area contributed by atoms with E-state index in [4.69, 9.17) is 0 Å². The van der Waals surface area contributed by atoms with Crippen LogP contribution in [0.3, 0.4) is 0 Å². The summed E-state index contributed by atoms with van der Waals surface area (Å²) in [5, 5.41) is 7.50. The van der Waals surface area contributed by atoms with Crippen molar-refractivity contribution < 1.29 is 9.18 Å². The van der Waals surface area contributed by atoms with E-state index >= 15 is 0 Å². The molecule has 0 saturated heterocycles. The Morgan fingerprint density at radius 1 is 1.00 bits per heavy atom. The van der Waals surface area contributed by atoms with Crippen molar-refractivity contribution in [2.45, 2.75) is 13.8 Å². The molecule has 6 heteroatoms.